The van der Waals surface area contributed by atoms with E-state index in [9.17, 15) is 14.4 Å². The average Bonchev–Trinajstić information content (AvgIpc) is 4.01. The number of rotatable bonds is 19. The predicted molar refractivity (Wildman–Crippen MR) is 209 cm³/mol. The van der Waals surface area contributed by atoms with Crippen LogP contribution in [0.4, 0.5) is 4.79 Å². The molecule has 5 rings (SSSR count). The second kappa shape index (κ2) is 20.4. The van der Waals surface area contributed by atoms with Gasteiger partial charge in [0.2, 0.25) is 18.2 Å². The number of carbonyl (C=O) groups excluding carboxylic acids is 3. The molecule has 2 aromatic heterocycles. The van der Waals surface area contributed by atoms with Crippen molar-refractivity contribution in [3.8, 4) is 33.6 Å². The molecule has 0 bridgehead atoms. The normalized spacial score (nSPS) is 15.8. The van der Waals surface area contributed by atoms with Crippen LogP contribution in [0.2, 0.25) is 0 Å². The summed E-state index contributed by atoms with van der Waals surface area (Å²) < 4.78 is 15.0. The zero-order valence-corrected chi connectivity index (χ0v) is 32.7. The predicted octanol–water partition coefficient (Wildman–Crippen LogP) is 5.38. The molecule has 0 radical (unpaired) electrons. The van der Waals surface area contributed by atoms with Crippen LogP contribution in [0.15, 0.2) is 65.9 Å². The Kier molecular flexibility index (Phi) is 15.1. The zero-order valence-electron chi connectivity index (χ0n) is 32.7. The third-order valence-electron chi connectivity index (χ3n) is 9.69. The van der Waals surface area contributed by atoms with Gasteiger partial charge in [0.05, 0.1) is 50.1 Å². The number of H-pyrrole nitrogens is 2. The van der Waals surface area contributed by atoms with Crippen molar-refractivity contribution in [2.24, 2.45) is 10.9 Å². The van der Waals surface area contributed by atoms with Gasteiger partial charge in [-0.05, 0) is 41.0 Å². The van der Waals surface area contributed by atoms with Crippen LogP contribution < -0.4 is 10.6 Å². The van der Waals surface area contributed by atoms with E-state index in [0.717, 1.165) is 58.7 Å². The molecule has 300 valence electrons. The summed E-state index contributed by atoms with van der Waals surface area (Å²) in [7, 11) is 5.75. The fourth-order valence-corrected chi connectivity index (χ4v) is 6.63. The second-order valence-electron chi connectivity index (χ2n) is 13.7. The van der Waals surface area contributed by atoms with Crippen molar-refractivity contribution in [1.29, 1.82) is 0 Å². The van der Waals surface area contributed by atoms with E-state index in [1.54, 1.807) is 19.5 Å². The summed E-state index contributed by atoms with van der Waals surface area (Å²) in [6.45, 7) is 5.26. The highest BCUT2D eigenvalue weighted by atomic mass is 17.2. The fraction of sp³-hybridized carbons (Fsp3) is 0.450. The van der Waals surface area contributed by atoms with Gasteiger partial charge in [-0.3, -0.25) is 9.59 Å². The number of carbonyl (C=O) groups is 3. The zero-order chi connectivity index (χ0) is 40.0. The summed E-state index contributed by atoms with van der Waals surface area (Å²) in [5.41, 5.74) is 5.67. The van der Waals surface area contributed by atoms with Gasteiger partial charge in [0.25, 0.3) is 0 Å². The number of nitrogens with zero attached hydrogens (tertiary/aromatic N) is 4. The molecule has 3 amide bonds. The molecule has 4 atom stereocenters. The number of hydrogen-bond donors (Lipinski definition) is 4. The molecule has 1 aliphatic rings. The first-order valence-electron chi connectivity index (χ1n) is 18.6. The summed E-state index contributed by atoms with van der Waals surface area (Å²) >= 11 is 0. The number of aromatic nitrogens is 4. The van der Waals surface area contributed by atoms with Crippen molar-refractivity contribution in [2.75, 3.05) is 48.2 Å². The molecule has 2 aromatic carbocycles. The highest BCUT2D eigenvalue weighted by Crippen LogP contribution is 2.33. The molecule has 4 N–H and O–H groups in total. The van der Waals surface area contributed by atoms with Crippen molar-refractivity contribution in [1.82, 2.24) is 35.5 Å². The van der Waals surface area contributed by atoms with E-state index in [1.165, 1.54) is 21.3 Å². The molecule has 0 unspecified atom stereocenters. The van der Waals surface area contributed by atoms with Gasteiger partial charge < -0.3 is 44.6 Å². The van der Waals surface area contributed by atoms with Crippen molar-refractivity contribution >= 4 is 24.3 Å². The second-order valence-corrected chi connectivity index (χ2v) is 13.7. The minimum atomic E-state index is -0.828. The Hall–Kier alpha value is -5.58. The van der Waals surface area contributed by atoms with Crippen LogP contribution in [0.25, 0.3) is 33.6 Å². The molecule has 1 fully saturated rings. The number of aliphatic imine (C=N–C) groups is 1. The summed E-state index contributed by atoms with van der Waals surface area (Å²) in [6, 6.07) is 14.3. The lowest BCUT2D eigenvalue weighted by Crippen LogP contribution is -2.49. The number of amides is 3. The average molecular weight is 773 g/mol. The van der Waals surface area contributed by atoms with Crippen molar-refractivity contribution < 1.29 is 38.4 Å². The molecule has 56 heavy (non-hydrogen) atoms. The minimum absolute atomic E-state index is 0.00549. The van der Waals surface area contributed by atoms with Crippen molar-refractivity contribution in [2.45, 2.75) is 63.7 Å². The maximum Gasteiger partial charge on any atom is 0.407 e. The van der Waals surface area contributed by atoms with Crippen LogP contribution in [0.1, 0.15) is 63.3 Å². The van der Waals surface area contributed by atoms with Crippen LogP contribution in [0.3, 0.4) is 0 Å². The van der Waals surface area contributed by atoms with Gasteiger partial charge in [0, 0.05) is 46.8 Å². The molecular formula is C40H52N8O8. The van der Waals surface area contributed by atoms with E-state index in [-0.39, 0.29) is 36.8 Å². The number of ether oxygens (including phenoxy) is 3. The molecule has 1 aliphatic heterocycles. The highest BCUT2D eigenvalue weighted by Gasteiger charge is 2.35. The molecule has 16 heteroatoms. The lowest BCUT2D eigenvalue weighted by molar-refractivity contribution is -0.188. The Bertz CT molecular complexity index is 1890. The number of nitrogens with one attached hydrogen (secondary N) is 4. The maximum absolute atomic E-state index is 13.5. The highest BCUT2D eigenvalue weighted by molar-refractivity contribution is 5.86. The van der Waals surface area contributed by atoms with Gasteiger partial charge in [-0.2, -0.15) is 4.89 Å². The smallest absolute Gasteiger partial charge is 0.407 e. The Balaban J connectivity index is 1.23. The lowest BCUT2D eigenvalue weighted by Gasteiger charge is -2.26. The number of imidazole rings is 2. The quantitative estimate of drug-likeness (QED) is 0.0416. The third-order valence-corrected chi connectivity index (χ3v) is 9.69. The van der Waals surface area contributed by atoms with E-state index in [2.05, 4.69) is 64.7 Å². The number of hydrogen-bond acceptors (Lipinski definition) is 11. The van der Waals surface area contributed by atoms with Gasteiger partial charge in [-0.1, -0.05) is 62.4 Å². The number of benzene rings is 2. The largest absolute Gasteiger partial charge is 0.453 e. The first kappa shape index (κ1) is 41.6. The lowest BCUT2D eigenvalue weighted by atomic mass is 10.0. The topological polar surface area (TPSA) is 194 Å². The minimum Gasteiger partial charge on any atom is -0.453 e. The van der Waals surface area contributed by atoms with Crippen LogP contribution in [0.5, 0.6) is 0 Å². The molecule has 3 heterocycles. The standard InChI is InChI=1S/C40H52N8O8/c1-25(2)35(47-38(49)30(17-20-52-3)46-40(51)54-5)37-42-23-33(45-37)29-15-11-27(12-16-29)26-9-13-28(14-10-26)32-22-41-36(44-32)34-8-7-19-48(34)39(50)31(18-21-53-4)43-24-56-55-6/h9-16,22-25,30-31,34-35H,7-8,17-21H2,1-6H3,(H,41,44)(H,42,45)(H,46,51)(H,47,49)/t30-,31-,34-,35+/m0/s1. The van der Waals surface area contributed by atoms with E-state index >= 15 is 0 Å². The van der Waals surface area contributed by atoms with Crippen LogP contribution in [-0.4, -0.2) is 109 Å². The van der Waals surface area contributed by atoms with Gasteiger partial charge in [0.1, 0.15) is 23.7 Å². The summed E-state index contributed by atoms with van der Waals surface area (Å²) in [4.78, 5) is 70.2. The van der Waals surface area contributed by atoms with E-state index in [4.69, 9.17) is 19.1 Å². The number of methoxy groups -OCH3 is 3. The summed E-state index contributed by atoms with van der Waals surface area (Å²) in [6.07, 6.45) is 6.37. The maximum atomic E-state index is 13.5. The third kappa shape index (κ3) is 10.6. The monoisotopic (exact) mass is 772 g/mol. The van der Waals surface area contributed by atoms with Gasteiger partial charge in [0.15, 0.2) is 0 Å². The van der Waals surface area contributed by atoms with Crippen LogP contribution >= 0.6 is 0 Å². The molecule has 0 saturated carbocycles. The number of likely N-dealkylation sites (tertiary alicyclic amines) is 1. The molecule has 4 aromatic rings. The molecule has 1 saturated heterocycles. The number of alkyl carbamates (subject to hydrolysis) is 1. The van der Waals surface area contributed by atoms with E-state index < -0.39 is 24.2 Å². The first-order chi connectivity index (χ1) is 27.2. The fourth-order valence-electron chi connectivity index (χ4n) is 6.63. The molecule has 16 nitrogen and oxygen atoms in total. The number of aromatic amines is 2. The van der Waals surface area contributed by atoms with Crippen molar-refractivity contribution in [3.63, 3.8) is 0 Å². The Morgan fingerprint density at radius 2 is 1.46 bits per heavy atom. The summed E-state index contributed by atoms with van der Waals surface area (Å²) in [5.74, 6) is 0.881. The SMILES string of the molecule is COCC[C@H](N=COOC)C(=O)N1CCC[C@H]1c1ncc(-c2ccc(-c3ccc(-c4cnc([C@H](NC(=O)[C@H](CCOC)NC(=O)OC)C(C)C)[nH]4)cc3)cc2)[nH]1. The van der Waals surface area contributed by atoms with Gasteiger partial charge >= 0.3 is 6.09 Å². The Labute approximate surface area is 326 Å². The molecular weight excluding hydrogens is 720 g/mol. The Morgan fingerprint density at radius 3 is 2.07 bits per heavy atom. The van der Waals surface area contributed by atoms with E-state index in [0.29, 0.717) is 25.4 Å². The molecule has 0 spiro atoms. The van der Waals surface area contributed by atoms with Crippen molar-refractivity contribution in [3.05, 3.63) is 72.6 Å². The first-order valence-corrected chi connectivity index (χ1v) is 18.6. The Morgan fingerprint density at radius 1 is 0.857 bits per heavy atom. The van der Waals surface area contributed by atoms with E-state index in [1.807, 2.05) is 43.0 Å². The van der Waals surface area contributed by atoms with Gasteiger partial charge in [-0.15, -0.1) is 0 Å². The van der Waals surface area contributed by atoms with Gasteiger partial charge in [-0.25, -0.2) is 19.8 Å². The summed E-state index contributed by atoms with van der Waals surface area (Å²) in [5, 5.41) is 5.60. The van der Waals surface area contributed by atoms with Crippen LogP contribution in [-0.2, 0) is 33.6 Å². The molecule has 0 aliphatic carbocycles. The van der Waals surface area contributed by atoms with Crippen LogP contribution in [0, 0.1) is 5.92 Å².